The highest BCUT2D eigenvalue weighted by atomic mass is 15.1. The Balaban J connectivity index is 0.000000126. The highest BCUT2D eigenvalue weighted by Gasteiger charge is 2.34. The van der Waals surface area contributed by atoms with E-state index < -0.39 is 0 Å². The van der Waals surface area contributed by atoms with Crippen molar-refractivity contribution in [3.05, 3.63) is 516 Å². The van der Waals surface area contributed by atoms with Crippen LogP contribution < -0.4 is 4.90 Å². The van der Waals surface area contributed by atoms with Gasteiger partial charge in [0, 0.05) is 121 Å². The molecule has 5 heterocycles. The van der Waals surface area contributed by atoms with Gasteiger partial charge in [0.15, 0.2) is 0 Å². The van der Waals surface area contributed by atoms with Crippen molar-refractivity contribution in [3.8, 4) is 28.4 Å². The number of hydrogen-bond acceptors (Lipinski definition) is 1. The molecule has 6 nitrogen and oxygen atoms in total. The second kappa shape index (κ2) is 37.2. The molecule has 732 valence electrons. The van der Waals surface area contributed by atoms with Crippen LogP contribution in [0.5, 0.6) is 0 Å². The Kier molecular flexibility index (Phi) is 24.3. The lowest BCUT2D eigenvalue weighted by Gasteiger charge is -2.32. The molecule has 0 spiro atoms. The van der Waals surface area contributed by atoms with Crippen LogP contribution in [0.15, 0.2) is 449 Å². The average molecular weight is 1920 g/mol. The van der Waals surface area contributed by atoms with Crippen LogP contribution in [0.2, 0.25) is 0 Å². The molecule has 0 aliphatic rings. The topological polar surface area (TPSA) is 27.9 Å². The zero-order valence-corrected chi connectivity index (χ0v) is 89.4. The third kappa shape index (κ3) is 17.5. The molecular weight excluding hydrogens is 1790 g/mol. The largest absolute Gasteiger partial charge is 0.310 e. The van der Waals surface area contributed by atoms with Crippen LogP contribution in [0.4, 0.5) is 17.1 Å². The summed E-state index contributed by atoms with van der Waals surface area (Å²) in [5.74, 6) is 0. The first-order chi connectivity index (χ1) is 71.0. The van der Waals surface area contributed by atoms with Crippen molar-refractivity contribution in [1.82, 2.24) is 22.8 Å². The van der Waals surface area contributed by atoms with Crippen LogP contribution in [0.1, 0.15) is 205 Å². The van der Waals surface area contributed by atoms with Crippen LogP contribution in [-0.2, 0) is 43.3 Å². The maximum Gasteiger partial charge on any atom is 0.0542 e. The fourth-order valence-electron chi connectivity index (χ4n) is 22.8. The Bertz CT molecular complexity index is 8870. The number of benzene rings is 19. The smallest absolute Gasteiger partial charge is 0.0542 e. The predicted molar refractivity (Wildman–Crippen MR) is 635 cm³/mol. The summed E-state index contributed by atoms with van der Waals surface area (Å²) in [5.41, 5.74) is 37.0. The first-order valence-corrected chi connectivity index (χ1v) is 52.8. The molecule has 0 radical (unpaired) electrons. The van der Waals surface area contributed by atoms with Gasteiger partial charge in [-0.1, -0.05) is 418 Å². The summed E-state index contributed by atoms with van der Waals surface area (Å²) in [6.45, 7) is 46.1. The second-order valence-electron chi connectivity index (χ2n) is 47.1. The minimum absolute atomic E-state index is 0.0699. The van der Waals surface area contributed by atoms with E-state index >= 15 is 0 Å². The third-order valence-corrected chi connectivity index (χ3v) is 32.1. The van der Waals surface area contributed by atoms with E-state index in [2.05, 4.69) is 615 Å². The van der Waals surface area contributed by atoms with Gasteiger partial charge in [-0.25, -0.2) is 0 Å². The Labute approximate surface area is 873 Å². The lowest BCUT2D eigenvalue weighted by Crippen LogP contribution is -2.23. The van der Waals surface area contributed by atoms with Crippen molar-refractivity contribution in [2.45, 2.75) is 182 Å². The van der Waals surface area contributed by atoms with E-state index in [0.29, 0.717) is 0 Å². The number of anilines is 3. The van der Waals surface area contributed by atoms with Crippen LogP contribution in [0.25, 0.3) is 137 Å². The summed E-state index contributed by atoms with van der Waals surface area (Å²) >= 11 is 0. The van der Waals surface area contributed by atoms with E-state index in [1.807, 2.05) is 0 Å². The maximum absolute atomic E-state index is 2.48. The van der Waals surface area contributed by atoms with Crippen molar-refractivity contribution < 1.29 is 0 Å². The molecule has 148 heavy (non-hydrogen) atoms. The van der Waals surface area contributed by atoms with E-state index in [-0.39, 0.29) is 43.3 Å². The van der Waals surface area contributed by atoms with Gasteiger partial charge in [0.1, 0.15) is 0 Å². The quantitative estimate of drug-likeness (QED) is 0.0947. The van der Waals surface area contributed by atoms with Crippen LogP contribution in [0.3, 0.4) is 0 Å². The summed E-state index contributed by atoms with van der Waals surface area (Å²) in [6.07, 6.45) is 0. The maximum atomic E-state index is 2.48. The fraction of sp³-hybridized carbons (Fsp3) is 0.197. The van der Waals surface area contributed by atoms with Gasteiger partial charge >= 0.3 is 0 Å². The lowest BCUT2D eigenvalue weighted by molar-refractivity contribution is 0.590. The summed E-state index contributed by atoms with van der Waals surface area (Å²) in [4.78, 5) is 2.40. The van der Waals surface area contributed by atoms with Gasteiger partial charge in [-0.2, -0.15) is 0 Å². The first kappa shape index (κ1) is 96.7. The lowest BCUT2D eigenvalue weighted by atomic mass is 9.73. The third-order valence-electron chi connectivity index (χ3n) is 32.1. The van der Waals surface area contributed by atoms with Crippen molar-refractivity contribution in [2.24, 2.45) is 0 Å². The minimum atomic E-state index is -0.207. The second-order valence-corrected chi connectivity index (χ2v) is 47.1. The summed E-state index contributed by atoms with van der Waals surface area (Å²) in [7, 11) is 0. The van der Waals surface area contributed by atoms with E-state index in [9.17, 15) is 0 Å². The average Bonchev–Trinajstić information content (AvgIpc) is 1.58. The van der Waals surface area contributed by atoms with Crippen LogP contribution in [0, 0.1) is 0 Å². The molecule has 24 aromatic rings. The molecule has 0 saturated carbocycles. The summed E-state index contributed by atoms with van der Waals surface area (Å²) < 4.78 is 12.2. The zero-order chi connectivity index (χ0) is 103. The van der Waals surface area contributed by atoms with Gasteiger partial charge < -0.3 is 27.7 Å². The molecule has 0 atom stereocenters. The monoisotopic (exact) mass is 1920 g/mol. The van der Waals surface area contributed by atoms with Crippen molar-refractivity contribution >= 4 is 126 Å². The van der Waals surface area contributed by atoms with Crippen molar-refractivity contribution in [2.75, 3.05) is 4.90 Å². The molecule has 0 saturated heterocycles. The van der Waals surface area contributed by atoms with E-state index in [0.717, 1.165) is 17.1 Å². The molecule has 24 rings (SSSR count). The predicted octanol–water partition coefficient (Wildman–Crippen LogP) is 38.5. The standard InChI is InChI=1S/C48H40N2.C47H46N2.C47H48N2/c1-47(2,33-17-7-5-8-18-33)35-29-36(48(3,4)34-19-9-6-10-20-34)31-38(30-35)50-45-26-16-13-23-41(45)42-32-37(27-28-46(42)50)49-43-24-14-11-21-39(43)40-22-12-15-25-44(40)49;1-45(2,3)33-20-25-42-38(28-33)39-29-34(46(4,5)6)21-26-43(39)49(42)36-24-27-44-40(30-36)37-16-12-13-17-41(37)48(44)35-22-18-32(19-23-35)47(7,8)31-14-10-9-11-15-31;1-45(2,3)33-21-25-37(26-22-33)48(38-27-23-34(24-28-38)46(4,5)6)40-29-30-44-42(32-40)41-19-12-13-20-43(41)49(44)39-18-14-17-36(31-39)47(7,8)35-15-10-9-11-16-35/h5-32H,1-4H3;9-30H,1-8H3;9-32H,1-8H3. The van der Waals surface area contributed by atoms with Gasteiger partial charge in [-0.3, -0.25) is 0 Å². The Morgan fingerprint density at radius 3 is 0.703 bits per heavy atom. The minimum Gasteiger partial charge on any atom is -0.310 e. The molecule has 6 heteroatoms. The number of aromatic nitrogens is 5. The number of nitrogens with zero attached hydrogens (tertiary/aromatic N) is 6. The number of fused-ring (bicyclic) bond motifs is 15. The molecule has 5 aromatic heterocycles. The van der Waals surface area contributed by atoms with Crippen molar-refractivity contribution in [1.29, 1.82) is 0 Å². The molecule has 0 fully saturated rings. The van der Waals surface area contributed by atoms with E-state index in [1.54, 1.807) is 0 Å². The van der Waals surface area contributed by atoms with Crippen LogP contribution >= 0.6 is 0 Å². The van der Waals surface area contributed by atoms with Gasteiger partial charge in [-0.15, -0.1) is 0 Å². The van der Waals surface area contributed by atoms with E-state index in [1.165, 1.54) is 204 Å². The molecule has 0 aliphatic carbocycles. The van der Waals surface area contributed by atoms with Gasteiger partial charge in [0.05, 0.1) is 55.2 Å². The summed E-state index contributed by atoms with van der Waals surface area (Å²) in [5, 5.41) is 12.7. The number of hydrogen-bond donors (Lipinski definition) is 0. The van der Waals surface area contributed by atoms with Gasteiger partial charge in [0.25, 0.3) is 0 Å². The molecule has 0 aliphatic heterocycles. The highest BCUT2D eigenvalue weighted by Crippen LogP contribution is 2.49. The number of rotatable bonds is 16. The van der Waals surface area contributed by atoms with Gasteiger partial charge in [0.2, 0.25) is 0 Å². The SMILES string of the molecule is CC(C)(C)c1ccc(N(c2ccc(C(C)(C)C)cc2)c2ccc3c(c2)c2ccccc2n3-c2cccc(C(C)(C)c3ccccc3)c2)cc1.CC(C)(C)c1ccc2c(c1)c1cc(C(C)(C)C)ccc1n2-c1ccc2c(c1)c1ccccc1n2-c1ccc(C(C)(C)c2ccccc2)cc1.CC(C)(c1ccccc1)c1cc(-n2c3ccccc3c3cc(-n4c5ccccc5c5ccccc54)ccc32)cc(C(C)(C)c2ccccc2)c1. The summed E-state index contributed by atoms with van der Waals surface area (Å²) in [6, 6.07) is 166. The van der Waals surface area contributed by atoms with Crippen LogP contribution in [-0.4, -0.2) is 22.8 Å². The Morgan fingerprint density at radius 1 is 0.128 bits per heavy atom. The molecule has 0 N–H and O–H groups in total. The van der Waals surface area contributed by atoms with E-state index in [4.69, 9.17) is 0 Å². The Morgan fingerprint density at radius 2 is 0.351 bits per heavy atom. The highest BCUT2D eigenvalue weighted by molar-refractivity contribution is 6.16. The normalized spacial score (nSPS) is 12.6. The van der Waals surface area contributed by atoms with Gasteiger partial charge in [-0.05, 0) is 258 Å². The zero-order valence-electron chi connectivity index (χ0n) is 89.4. The number of para-hydroxylation sites is 5. The fourth-order valence-corrected chi connectivity index (χ4v) is 22.8. The molecule has 0 bridgehead atoms. The molecule has 0 unspecified atom stereocenters. The van der Waals surface area contributed by atoms with Crippen molar-refractivity contribution in [3.63, 3.8) is 0 Å². The first-order valence-electron chi connectivity index (χ1n) is 52.8. The Hall–Kier alpha value is -16.0. The molecule has 0 amide bonds. The molecule has 19 aromatic carbocycles. The molecular formula is C142H134N6.